The summed E-state index contributed by atoms with van der Waals surface area (Å²) in [6.07, 6.45) is 2.84. The highest BCUT2D eigenvalue weighted by atomic mass is 32.2. The fraction of sp³-hybridized carbons (Fsp3) is 0.909. The summed E-state index contributed by atoms with van der Waals surface area (Å²) in [5.41, 5.74) is -0.556. The molecule has 1 amide bonds. The average molecular weight is 262 g/mol. The number of hydrogen-bond acceptors (Lipinski definition) is 4. The molecule has 100 valence electrons. The fourth-order valence-corrected chi connectivity index (χ4v) is 3.33. The van der Waals surface area contributed by atoms with Crippen molar-refractivity contribution in [3.63, 3.8) is 0 Å². The third-order valence-corrected chi connectivity index (χ3v) is 4.79. The molecule has 0 spiro atoms. The highest BCUT2D eigenvalue weighted by molar-refractivity contribution is 7.90. The molecular weight excluding hydrogens is 240 g/mol. The second-order valence-electron chi connectivity index (χ2n) is 4.66. The van der Waals surface area contributed by atoms with Gasteiger partial charge in [0, 0.05) is 6.54 Å². The van der Waals surface area contributed by atoms with Crippen molar-refractivity contribution in [2.75, 3.05) is 18.8 Å². The van der Waals surface area contributed by atoms with Gasteiger partial charge in [0.2, 0.25) is 15.9 Å². The molecule has 6 heteroatoms. The maximum atomic E-state index is 12.1. The topological polar surface area (TPSA) is 75.3 Å². The van der Waals surface area contributed by atoms with Gasteiger partial charge in [0.15, 0.2) is 0 Å². The van der Waals surface area contributed by atoms with Crippen molar-refractivity contribution in [2.24, 2.45) is 5.41 Å². The van der Waals surface area contributed by atoms with Gasteiger partial charge in [-0.3, -0.25) is 9.52 Å². The van der Waals surface area contributed by atoms with Crippen LogP contribution in [-0.4, -0.2) is 33.2 Å². The lowest BCUT2D eigenvalue weighted by atomic mass is 9.78. The van der Waals surface area contributed by atoms with Gasteiger partial charge in [-0.15, -0.1) is 0 Å². The maximum absolute atomic E-state index is 12.1. The second-order valence-corrected chi connectivity index (χ2v) is 6.51. The largest absolute Gasteiger partial charge is 0.316 e. The van der Waals surface area contributed by atoms with Crippen LogP contribution in [0.4, 0.5) is 0 Å². The van der Waals surface area contributed by atoms with Crippen LogP contribution < -0.4 is 10.0 Å². The first-order chi connectivity index (χ1) is 7.96. The molecule has 1 saturated heterocycles. The predicted octanol–water partition coefficient (Wildman–Crippen LogP) is 0.622. The maximum Gasteiger partial charge on any atom is 0.240 e. The van der Waals surface area contributed by atoms with E-state index in [2.05, 4.69) is 10.0 Å². The first kappa shape index (κ1) is 14.4. The van der Waals surface area contributed by atoms with Gasteiger partial charge in [0.05, 0.1) is 11.2 Å². The SMILES string of the molecule is CCCS(=O)(=O)NC(=O)C1(CC)CCCNC1. The van der Waals surface area contributed by atoms with E-state index in [1.54, 1.807) is 6.92 Å². The Bertz CT molecular complexity index is 359. The first-order valence-corrected chi connectivity index (χ1v) is 7.86. The summed E-state index contributed by atoms with van der Waals surface area (Å²) < 4.78 is 25.4. The minimum absolute atomic E-state index is 0.00592. The number of piperidine rings is 1. The molecule has 17 heavy (non-hydrogen) atoms. The standard InChI is InChI=1S/C11H22N2O3S/c1-3-8-17(15,16)13-10(14)11(4-2)6-5-7-12-9-11/h12H,3-9H2,1-2H3,(H,13,14). The summed E-state index contributed by atoms with van der Waals surface area (Å²) in [6, 6.07) is 0. The van der Waals surface area contributed by atoms with E-state index < -0.39 is 15.4 Å². The molecule has 1 aliphatic rings. The molecule has 1 unspecified atom stereocenters. The van der Waals surface area contributed by atoms with E-state index in [-0.39, 0.29) is 11.7 Å². The Morgan fingerprint density at radius 2 is 2.12 bits per heavy atom. The van der Waals surface area contributed by atoms with E-state index in [1.165, 1.54) is 0 Å². The molecule has 0 aliphatic carbocycles. The molecular formula is C11H22N2O3S. The Morgan fingerprint density at radius 3 is 2.59 bits per heavy atom. The summed E-state index contributed by atoms with van der Waals surface area (Å²) in [7, 11) is -3.46. The zero-order valence-corrected chi connectivity index (χ0v) is 11.4. The Morgan fingerprint density at radius 1 is 1.41 bits per heavy atom. The number of rotatable bonds is 5. The molecule has 0 aromatic carbocycles. The monoisotopic (exact) mass is 262 g/mol. The first-order valence-electron chi connectivity index (χ1n) is 6.21. The summed E-state index contributed by atoms with van der Waals surface area (Å²) in [5.74, 6) is -0.341. The molecule has 0 aromatic heterocycles. The molecule has 1 heterocycles. The molecule has 1 fully saturated rings. The van der Waals surface area contributed by atoms with E-state index in [0.29, 0.717) is 19.4 Å². The lowest BCUT2D eigenvalue weighted by Crippen LogP contribution is -2.51. The smallest absolute Gasteiger partial charge is 0.240 e. The van der Waals surface area contributed by atoms with E-state index in [1.807, 2.05) is 6.92 Å². The Hall–Kier alpha value is -0.620. The Balaban J connectivity index is 2.73. The normalized spacial score (nSPS) is 25.5. The lowest BCUT2D eigenvalue weighted by Gasteiger charge is -2.35. The van der Waals surface area contributed by atoms with E-state index in [4.69, 9.17) is 0 Å². The third kappa shape index (κ3) is 3.67. The van der Waals surface area contributed by atoms with Gasteiger partial charge in [0.25, 0.3) is 0 Å². The van der Waals surface area contributed by atoms with E-state index >= 15 is 0 Å². The van der Waals surface area contributed by atoms with Gasteiger partial charge in [0.1, 0.15) is 0 Å². The van der Waals surface area contributed by atoms with Crippen LogP contribution in [0.1, 0.15) is 39.5 Å². The number of sulfonamides is 1. The highest BCUT2D eigenvalue weighted by Gasteiger charge is 2.39. The minimum Gasteiger partial charge on any atom is -0.316 e. The average Bonchev–Trinajstić information content (AvgIpc) is 2.29. The van der Waals surface area contributed by atoms with Gasteiger partial charge in [-0.2, -0.15) is 0 Å². The predicted molar refractivity (Wildman–Crippen MR) is 67.0 cm³/mol. The van der Waals surface area contributed by atoms with Gasteiger partial charge in [-0.1, -0.05) is 13.8 Å². The molecule has 5 nitrogen and oxygen atoms in total. The van der Waals surface area contributed by atoms with Crippen LogP contribution in [0.5, 0.6) is 0 Å². The summed E-state index contributed by atoms with van der Waals surface area (Å²) in [4.78, 5) is 12.1. The van der Waals surface area contributed by atoms with Gasteiger partial charge >= 0.3 is 0 Å². The van der Waals surface area contributed by atoms with Crippen molar-refractivity contribution in [1.82, 2.24) is 10.0 Å². The molecule has 1 aliphatic heterocycles. The van der Waals surface area contributed by atoms with Crippen LogP contribution in [0.2, 0.25) is 0 Å². The Labute approximate surface area is 103 Å². The van der Waals surface area contributed by atoms with Gasteiger partial charge < -0.3 is 5.32 Å². The van der Waals surface area contributed by atoms with Gasteiger partial charge in [-0.05, 0) is 32.2 Å². The highest BCUT2D eigenvalue weighted by Crippen LogP contribution is 2.30. The van der Waals surface area contributed by atoms with Crippen molar-refractivity contribution in [3.8, 4) is 0 Å². The van der Waals surface area contributed by atoms with Crippen LogP contribution in [-0.2, 0) is 14.8 Å². The number of carbonyl (C=O) groups is 1. The van der Waals surface area contributed by atoms with Crippen molar-refractivity contribution in [1.29, 1.82) is 0 Å². The van der Waals surface area contributed by atoms with E-state index in [9.17, 15) is 13.2 Å². The van der Waals surface area contributed by atoms with Crippen LogP contribution in [0, 0.1) is 5.41 Å². The van der Waals surface area contributed by atoms with E-state index in [0.717, 1.165) is 19.4 Å². The Kier molecular flexibility index (Phi) is 4.94. The molecule has 0 aromatic rings. The molecule has 0 saturated carbocycles. The number of amides is 1. The third-order valence-electron chi connectivity index (χ3n) is 3.35. The lowest BCUT2D eigenvalue weighted by molar-refractivity contribution is -0.130. The van der Waals surface area contributed by atoms with Crippen molar-refractivity contribution in [3.05, 3.63) is 0 Å². The summed E-state index contributed by atoms with van der Waals surface area (Å²) >= 11 is 0. The van der Waals surface area contributed by atoms with Crippen LogP contribution in [0.3, 0.4) is 0 Å². The number of nitrogens with one attached hydrogen (secondary N) is 2. The summed E-state index contributed by atoms with van der Waals surface area (Å²) in [6.45, 7) is 5.17. The van der Waals surface area contributed by atoms with Crippen molar-refractivity contribution >= 4 is 15.9 Å². The van der Waals surface area contributed by atoms with Crippen molar-refractivity contribution in [2.45, 2.75) is 39.5 Å². The van der Waals surface area contributed by atoms with Crippen molar-refractivity contribution < 1.29 is 13.2 Å². The van der Waals surface area contributed by atoms with Crippen LogP contribution >= 0.6 is 0 Å². The molecule has 0 radical (unpaired) electrons. The fourth-order valence-electron chi connectivity index (χ4n) is 2.19. The molecule has 1 atom stereocenters. The van der Waals surface area contributed by atoms with Crippen LogP contribution in [0.25, 0.3) is 0 Å². The molecule has 1 rings (SSSR count). The zero-order chi connectivity index (χ0) is 12.9. The molecule has 2 N–H and O–H groups in total. The minimum atomic E-state index is -3.46. The quantitative estimate of drug-likeness (QED) is 0.761. The molecule has 0 bridgehead atoms. The summed E-state index contributed by atoms with van der Waals surface area (Å²) in [5, 5.41) is 3.17. The number of carbonyl (C=O) groups excluding carboxylic acids is 1. The number of hydrogen-bond donors (Lipinski definition) is 2. The van der Waals surface area contributed by atoms with Gasteiger partial charge in [-0.25, -0.2) is 8.42 Å². The van der Waals surface area contributed by atoms with Crippen LogP contribution in [0.15, 0.2) is 0 Å². The zero-order valence-electron chi connectivity index (χ0n) is 10.6. The second kappa shape index (κ2) is 5.82.